The smallest absolute Gasteiger partial charge is 0.275 e. The molecule has 6 heteroatoms. The number of carbonyl (C=O) groups excluding carboxylic acids is 1. The van der Waals surface area contributed by atoms with Gasteiger partial charge in [0, 0.05) is 12.7 Å². The van der Waals surface area contributed by atoms with Crippen molar-refractivity contribution in [3.05, 3.63) is 47.7 Å². The van der Waals surface area contributed by atoms with Crippen molar-refractivity contribution in [1.82, 2.24) is 9.97 Å². The molecular weight excluding hydrogens is 247 g/mol. The van der Waals surface area contributed by atoms with E-state index >= 15 is 0 Å². The van der Waals surface area contributed by atoms with Crippen LogP contribution in [0.3, 0.4) is 0 Å². The zero-order valence-electron chi connectivity index (χ0n) is 10.6. The maximum absolute atomic E-state index is 13.2. The summed E-state index contributed by atoms with van der Waals surface area (Å²) in [5.74, 6) is -0.344. The van der Waals surface area contributed by atoms with Crippen LogP contribution in [0.25, 0.3) is 0 Å². The lowest BCUT2D eigenvalue weighted by molar-refractivity contribution is 0.102. The highest BCUT2D eigenvalue weighted by Gasteiger charge is 2.09. The van der Waals surface area contributed by atoms with Gasteiger partial charge in [-0.3, -0.25) is 9.78 Å². The van der Waals surface area contributed by atoms with Crippen LogP contribution < -0.4 is 10.6 Å². The number of rotatable bonds is 3. The summed E-state index contributed by atoms with van der Waals surface area (Å²) < 4.78 is 13.2. The van der Waals surface area contributed by atoms with Crippen LogP contribution in [0.1, 0.15) is 16.1 Å². The molecule has 19 heavy (non-hydrogen) atoms. The van der Waals surface area contributed by atoms with Crippen molar-refractivity contribution in [2.75, 3.05) is 17.7 Å². The molecule has 0 bridgehead atoms. The van der Waals surface area contributed by atoms with E-state index in [0.717, 1.165) is 5.56 Å². The molecule has 0 aliphatic rings. The number of hydrogen-bond donors (Lipinski definition) is 2. The Bertz CT molecular complexity index is 595. The number of anilines is 2. The highest BCUT2D eigenvalue weighted by Crippen LogP contribution is 2.14. The first-order valence-electron chi connectivity index (χ1n) is 5.67. The summed E-state index contributed by atoms with van der Waals surface area (Å²) in [6.45, 7) is 1.75. The summed E-state index contributed by atoms with van der Waals surface area (Å²) in [5, 5.41) is 5.37. The second-order valence-corrected chi connectivity index (χ2v) is 4.01. The van der Waals surface area contributed by atoms with Crippen LogP contribution in [0.4, 0.5) is 15.9 Å². The predicted molar refractivity (Wildman–Crippen MR) is 70.7 cm³/mol. The molecule has 1 aromatic heterocycles. The molecule has 98 valence electrons. The van der Waals surface area contributed by atoms with E-state index in [4.69, 9.17) is 0 Å². The number of hydrogen-bond acceptors (Lipinski definition) is 4. The van der Waals surface area contributed by atoms with Crippen LogP contribution in [-0.2, 0) is 0 Å². The van der Waals surface area contributed by atoms with Crippen LogP contribution in [0.2, 0.25) is 0 Å². The molecule has 5 nitrogen and oxygen atoms in total. The topological polar surface area (TPSA) is 66.9 Å². The van der Waals surface area contributed by atoms with Gasteiger partial charge in [-0.15, -0.1) is 0 Å². The fourth-order valence-corrected chi connectivity index (χ4v) is 1.60. The summed E-state index contributed by atoms with van der Waals surface area (Å²) in [5.41, 5.74) is 1.28. The number of aryl methyl sites for hydroxylation is 1. The summed E-state index contributed by atoms with van der Waals surface area (Å²) in [7, 11) is 1.68. The van der Waals surface area contributed by atoms with Gasteiger partial charge in [0.25, 0.3) is 5.91 Å². The average molecular weight is 260 g/mol. The fourth-order valence-electron chi connectivity index (χ4n) is 1.60. The molecule has 0 fully saturated rings. The third-order valence-electron chi connectivity index (χ3n) is 2.42. The van der Waals surface area contributed by atoms with Crippen molar-refractivity contribution in [3.63, 3.8) is 0 Å². The highest BCUT2D eigenvalue weighted by molar-refractivity contribution is 6.02. The Morgan fingerprint density at radius 2 is 2.05 bits per heavy atom. The average Bonchev–Trinajstić information content (AvgIpc) is 2.37. The van der Waals surface area contributed by atoms with E-state index in [-0.39, 0.29) is 5.69 Å². The van der Waals surface area contributed by atoms with Gasteiger partial charge in [0.2, 0.25) is 0 Å². The molecular formula is C13H13FN4O. The number of nitrogens with one attached hydrogen (secondary N) is 2. The van der Waals surface area contributed by atoms with Crippen LogP contribution in [0.15, 0.2) is 30.6 Å². The number of aromatic nitrogens is 2. The summed E-state index contributed by atoms with van der Waals surface area (Å²) in [6.07, 6.45) is 2.85. The van der Waals surface area contributed by atoms with Crippen LogP contribution in [-0.4, -0.2) is 22.9 Å². The molecule has 0 atom stereocenters. The number of amides is 1. The maximum atomic E-state index is 13.2. The van der Waals surface area contributed by atoms with Gasteiger partial charge >= 0.3 is 0 Å². The van der Waals surface area contributed by atoms with Gasteiger partial charge in [-0.25, -0.2) is 9.37 Å². The van der Waals surface area contributed by atoms with Gasteiger partial charge in [-0.2, -0.15) is 0 Å². The quantitative estimate of drug-likeness (QED) is 0.888. The molecule has 2 N–H and O–H groups in total. The Kier molecular flexibility index (Phi) is 3.70. The van der Waals surface area contributed by atoms with Crippen LogP contribution >= 0.6 is 0 Å². The standard InChI is InChI=1S/C13H13FN4O/c1-8-3-9(14)5-10(4-8)17-13(19)11-6-16-7-12(15-2)18-11/h3-7H,1-2H3,(H,15,18)(H,17,19). The number of nitrogens with zero attached hydrogens (tertiary/aromatic N) is 2. The van der Waals surface area contributed by atoms with E-state index in [1.807, 2.05) is 0 Å². The van der Waals surface area contributed by atoms with Crippen molar-refractivity contribution in [2.45, 2.75) is 6.92 Å². The van der Waals surface area contributed by atoms with Crippen molar-refractivity contribution < 1.29 is 9.18 Å². The second kappa shape index (κ2) is 5.43. The maximum Gasteiger partial charge on any atom is 0.275 e. The largest absolute Gasteiger partial charge is 0.372 e. The molecule has 2 aromatic rings. The van der Waals surface area contributed by atoms with E-state index in [0.29, 0.717) is 11.5 Å². The van der Waals surface area contributed by atoms with Gasteiger partial charge in [0.05, 0.1) is 12.4 Å². The first kappa shape index (κ1) is 12.9. The van der Waals surface area contributed by atoms with Crippen LogP contribution in [0.5, 0.6) is 0 Å². The van der Waals surface area contributed by atoms with E-state index < -0.39 is 11.7 Å². The SMILES string of the molecule is CNc1cncc(C(=O)Nc2cc(C)cc(F)c2)n1. The van der Waals surface area contributed by atoms with E-state index in [1.165, 1.54) is 24.5 Å². The summed E-state index contributed by atoms with van der Waals surface area (Å²) in [6, 6.07) is 4.31. The van der Waals surface area contributed by atoms with Crippen molar-refractivity contribution in [2.24, 2.45) is 0 Å². The zero-order chi connectivity index (χ0) is 13.8. The monoisotopic (exact) mass is 260 g/mol. The summed E-state index contributed by atoms with van der Waals surface area (Å²) >= 11 is 0. The number of carbonyl (C=O) groups is 1. The van der Waals surface area contributed by atoms with Crippen molar-refractivity contribution in [1.29, 1.82) is 0 Å². The van der Waals surface area contributed by atoms with Gasteiger partial charge in [0.15, 0.2) is 0 Å². The van der Waals surface area contributed by atoms with Gasteiger partial charge in [0.1, 0.15) is 17.3 Å². The fraction of sp³-hybridized carbons (Fsp3) is 0.154. The lowest BCUT2D eigenvalue weighted by Crippen LogP contribution is -2.15. The van der Waals surface area contributed by atoms with E-state index in [1.54, 1.807) is 20.0 Å². The molecule has 0 spiro atoms. The molecule has 1 heterocycles. The minimum absolute atomic E-state index is 0.161. The molecule has 0 radical (unpaired) electrons. The van der Waals surface area contributed by atoms with Crippen molar-refractivity contribution in [3.8, 4) is 0 Å². The Morgan fingerprint density at radius 1 is 1.26 bits per heavy atom. The summed E-state index contributed by atoms with van der Waals surface area (Å²) in [4.78, 5) is 19.9. The Labute approximate surface area is 109 Å². The minimum Gasteiger partial charge on any atom is -0.372 e. The molecule has 0 aliphatic carbocycles. The lowest BCUT2D eigenvalue weighted by Gasteiger charge is -2.06. The Morgan fingerprint density at radius 3 is 2.74 bits per heavy atom. The highest BCUT2D eigenvalue weighted by atomic mass is 19.1. The molecule has 1 amide bonds. The second-order valence-electron chi connectivity index (χ2n) is 4.01. The first-order valence-corrected chi connectivity index (χ1v) is 5.67. The first-order chi connectivity index (χ1) is 9.08. The van der Waals surface area contributed by atoms with Gasteiger partial charge in [-0.1, -0.05) is 0 Å². The molecule has 1 aromatic carbocycles. The molecule has 0 saturated heterocycles. The number of benzene rings is 1. The Hall–Kier alpha value is -2.50. The van der Waals surface area contributed by atoms with Crippen LogP contribution in [0, 0.1) is 12.7 Å². The van der Waals surface area contributed by atoms with E-state index in [2.05, 4.69) is 20.6 Å². The van der Waals surface area contributed by atoms with Crippen molar-refractivity contribution >= 4 is 17.4 Å². The van der Waals surface area contributed by atoms with Gasteiger partial charge in [-0.05, 0) is 30.7 Å². The molecule has 0 saturated carbocycles. The molecule has 0 unspecified atom stereocenters. The lowest BCUT2D eigenvalue weighted by atomic mass is 10.2. The zero-order valence-corrected chi connectivity index (χ0v) is 10.6. The van der Waals surface area contributed by atoms with E-state index in [9.17, 15) is 9.18 Å². The third-order valence-corrected chi connectivity index (χ3v) is 2.42. The normalized spacial score (nSPS) is 10.1. The molecule has 2 rings (SSSR count). The predicted octanol–water partition coefficient (Wildman–Crippen LogP) is 2.22. The third kappa shape index (κ3) is 3.25. The number of halogens is 1. The Balaban J connectivity index is 2.20. The molecule has 0 aliphatic heterocycles. The minimum atomic E-state index is -0.436. The van der Waals surface area contributed by atoms with Gasteiger partial charge < -0.3 is 10.6 Å².